The summed E-state index contributed by atoms with van der Waals surface area (Å²) in [6, 6.07) is 49.9. The molecule has 416 valence electrons. The molecule has 0 radical (unpaired) electrons. The molecule has 4 aliphatic carbocycles. The van der Waals surface area contributed by atoms with Crippen molar-refractivity contribution < 1.29 is 52.6 Å². The standard InChI is InChI=1S/C67H82O11/c1-46(29-32-59(69)72-40-48-21-11-5-12-22-48)54-30-31-55-61-56(34-36-67(54,55)3)66(2)35-33-53(37-52(66)38-57(61)68)77-60(70)45-76-65-64(75-43-51-27-17-8-18-28-51)63(74-42-50-25-15-7-16-26-50)62(73-41-49-23-13-6-14-24-49)58(78-65)44-71-39-47-19-9-4-10-20-47/h4-28,46,52-58,61-65,68H,29-45H2,1-3H3/t46-,52?,53?,54+,55?,56?,57?,58?,61?,62?,63?,64?,65?,66-,67+/m0/s1. The molecular weight excluding hydrogens is 981 g/mol. The molecule has 5 aromatic rings. The molecule has 5 fully saturated rings. The van der Waals surface area contributed by atoms with Gasteiger partial charge in [0.2, 0.25) is 0 Å². The quantitative estimate of drug-likeness (QED) is 0.0628. The molecule has 10 rings (SSSR count). The first-order valence-electron chi connectivity index (χ1n) is 29.0. The van der Waals surface area contributed by atoms with E-state index < -0.39 is 42.8 Å². The van der Waals surface area contributed by atoms with Crippen LogP contribution in [0.2, 0.25) is 0 Å². The number of esters is 2. The van der Waals surface area contributed by atoms with E-state index in [1.807, 2.05) is 152 Å². The summed E-state index contributed by atoms with van der Waals surface area (Å²) in [5.41, 5.74) is 5.15. The molecule has 1 aliphatic heterocycles. The monoisotopic (exact) mass is 1060 g/mol. The molecule has 11 heteroatoms. The lowest BCUT2D eigenvalue weighted by Gasteiger charge is -2.62. The van der Waals surface area contributed by atoms with Crippen LogP contribution in [-0.2, 0) is 80.5 Å². The Labute approximate surface area is 462 Å². The van der Waals surface area contributed by atoms with Crippen LogP contribution in [0.5, 0.6) is 0 Å². The second kappa shape index (κ2) is 26.4. The normalized spacial score (nSPS) is 31.7. The molecule has 1 saturated heterocycles. The summed E-state index contributed by atoms with van der Waals surface area (Å²) in [4.78, 5) is 27.0. The SMILES string of the molecule is C[C@@H](CCC(=O)OCc1ccccc1)[C@H]1CCC2C3C(O)CC4CC(OC(=O)COC5OC(COCc6ccccc6)C(OCc6ccccc6)C(OCc6ccccc6)C5OCc5ccccc5)CC[C@]4(C)C3CC[C@@]21C. The number of carbonyl (C=O) groups excluding carboxylic acids is 2. The number of hydrogen-bond donors (Lipinski definition) is 1. The molecule has 11 nitrogen and oxygen atoms in total. The van der Waals surface area contributed by atoms with Crippen LogP contribution in [0.25, 0.3) is 0 Å². The van der Waals surface area contributed by atoms with Crippen LogP contribution in [0.4, 0.5) is 0 Å². The Morgan fingerprint density at radius 2 is 1.09 bits per heavy atom. The summed E-state index contributed by atoms with van der Waals surface area (Å²) in [7, 11) is 0. The highest BCUT2D eigenvalue weighted by Gasteiger charge is 2.63. The number of benzene rings is 5. The molecule has 15 atom stereocenters. The number of carbonyl (C=O) groups is 2. The first-order valence-corrected chi connectivity index (χ1v) is 29.0. The highest BCUT2D eigenvalue weighted by molar-refractivity contribution is 5.71. The van der Waals surface area contributed by atoms with Gasteiger partial charge < -0.3 is 43.0 Å². The van der Waals surface area contributed by atoms with Gasteiger partial charge in [-0.3, -0.25) is 4.79 Å². The fraction of sp³-hybridized carbons (Fsp3) is 0.522. The van der Waals surface area contributed by atoms with Crippen molar-refractivity contribution in [3.63, 3.8) is 0 Å². The maximum Gasteiger partial charge on any atom is 0.332 e. The summed E-state index contributed by atoms with van der Waals surface area (Å²) < 4.78 is 52.3. The van der Waals surface area contributed by atoms with E-state index >= 15 is 0 Å². The summed E-state index contributed by atoms with van der Waals surface area (Å²) in [6.45, 7) is 8.59. The van der Waals surface area contributed by atoms with Gasteiger partial charge in [-0.05, 0) is 132 Å². The van der Waals surface area contributed by atoms with Crippen molar-refractivity contribution in [2.45, 2.75) is 161 Å². The van der Waals surface area contributed by atoms with Crippen LogP contribution in [0.1, 0.15) is 113 Å². The third kappa shape index (κ3) is 13.5. The largest absolute Gasteiger partial charge is 0.461 e. The topological polar surface area (TPSA) is 128 Å². The van der Waals surface area contributed by atoms with Gasteiger partial charge in [0.1, 0.15) is 43.7 Å². The second-order valence-corrected chi connectivity index (χ2v) is 23.7. The van der Waals surface area contributed by atoms with Crippen molar-refractivity contribution >= 4 is 11.9 Å². The highest BCUT2D eigenvalue weighted by atomic mass is 16.7. The number of hydrogen-bond acceptors (Lipinski definition) is 11. The Kier molecular flexibility index (Phi) is 18.9. The first kappa shape index (κ1) is 56.1. The van der Waals surface area contributed by atoms with Crippen LogP contribution in [-0.4, -0.2) is 73.2 Å². The lowest BCUT2D eigenvalue weighted by atomic mass is 9.43. The van der Waals surface area contributed by atoms with E-state index in [0.29, 0.717) is 62.8 Å². The Morgan fingerprint density at radius 3 is 1.68 bits per heavy atom. The average Bonchev–Trinajstić information content (AvgIpc) is 4.01. The zero-order valence-corrected chi connectivity index (χ0v) is 46.0. The van der Waals surface area contributed by atoms with Crippen LogP contribution in [0.15, 0.2) is 152 Å². The molecule has 1 heterocycles. The average molecular weight is 1060 g/mol. The van der Waals surface area contributed by atoms with Crippen molar-refractivity contribution in [3.05, 3.63) is 179 Å². The fourth-order valence-corrected chi connectivity index (χ4v) is 14.9. The number of fused-ring (bicyclic) bond motifs is 5. The Morgan fingerprint density at radius 1 is 0.577 bits per heavy atom. The number of aliphatic hydroxyl groups excluding tert-OH is 1. The predicted octanol–water partition coefficient (Wildman–Crippen LogP) is 12.4. The van der Waals surface area contributed by atoms with Crippen molar-refractivity contribution in [2.75, 3.05) is 13.2 Å². The second-order valence-electron chi connectivity index (χ2n) is 23.7. The smallest absolute Gasteiger partial charge is 0.332 e. The summed E-state index contributed by atoms with van der Waals surface area (Å²) in [5.74, 6) is 1.63. The van der Waals surface area contributed by atoms with Crippen LogP contribution >= 0.6 is 0 Å². The van der Waals surface area contributed by atoms with Gasteiger partial charge in [-0.1, -0.05) is 172 Å². The summed E-state index contributed by atoms with van der Waals surface area (Å²) in [6.07, 6.45) is 4.28. The van der Waals surface area contributed by atoms with Gasteiger partial charge in [0, 0.05) is 6.42 Å². The van der Waals surface area contributed by atoms with Gasteiger partial charge in [0.25, 0.3) is 0 Å². The van der Waals surface area contributed by atoms with Gasteiger partial charge in [0.05, 0.1) is 39.1 Å². The first-order chi connectivity index (χ1) is 38.0. The van der Waals surface area contributed by atoms with Gasteiger partial charge in [-0.25, -0.2) is 4.79 Å². The molecule has 0 amide bonds. The van der Waals surface area contributed by atoms with Gasteiger partial charge in [-0.2, -0.15) is 0 Å². The lowest BCUT2D eigenvalue weighted by molar-refractivity contribution is -0.327. The van der Waals surface area contributed by atoms with Crippen LogP contribution in [0.3, 0.4) is 0 Å². The van der Waals surface area contributed by atoms with Gasteiger partial charge >= 0.3 is 11.9 Å². The molecule has 4 saturated carbocycles. The Bertz CT molecular complexity index is 2620. The molecule has 1 N–H and O–H groups in total. The Balaban J connectivity index is 0.795. The van der Waals surface area contributed by atoms with Crippen molar-refractivity contribution in [2.24, 2.45) is 46.3 Å². The van der Waals surface area contributed by atoms with E-state index in [2.05, 4.69) is 20.8 Å². The van der Waals surface area contributed by atoms with E-state index in [1.165, 1.54) is 0 Å². The van der Waals surface area contributed by atoms with Crippen molar-refractivity contribution in [1.29, 1.82) is 0 Å². The van der Waals surface area contributed by atoms with Crippen LogP contribution in [0, 0.1) is 46.3 Å². The minimum atomic E-state index is -1.04. The summed E-state index contributed by atoms with van der Waals surface area (Å²) in [5, 5.41) is 12.2. The molecule has 11 unspecified atom stereocenters. The third-order valence-electron chi connectivity index (χ3n) is 18.9. The van der Waals surface area contributed by atoms with Gasteiger partial charge in [0.15, 0.2) is 6.29 Å². The van der Waals surface area contributed by atoms with Gasteiger partial charge in [-0.15, -0.1) is 0 Å². The molecule has 0 bridgehead atoms. The molecular formula is C67H82O11. The molecule has 0 spiro atoms. The van der Waals surface area contributed by atoms with E-state index in [1.54, 1.807) is 0 Å². The minimum Gasteiger partial charge on any atom is -0.461 e. The number of rotatable bonds is 23. The molecule has 78 heavy (non-hydrogen) atoms. The van der Waals surface area contributed by atoms with Crippen LogP contribution < -0.4 is 0 Å². The van der Waals surface area contributed by atoms with E-state index in [9.17, 15) is 14.7 Å². The maximum atomic E-state index is 14.1. The fourth-order valence-electron chi connectivity index (χ4n) is 14.9. The Hall–Kier alpha value is -5.24. The predicted molar refractivity (Wildman–Crippen MR) is 297 cm³/mol. The summed E-state index contributed by atoms with van der Waals surface area (Å²) >= 11 is 0. The van der Waals surface area contributed by atoms with Crippen molar-refractivity contribution in [1.82, 2.24) is 0 Å². The molecule has 5 aliphatic rings. The lowest BCUT2D eigenvalue weighted by Crippen LogP contribution is -2.62. The zero-order chi connectivity index (χ0) is 53.9. The third-order valence-corrected chi connectivity index (χ3v) is 18.9. The van der Waals surface area contributed by atoms with E-state index in [-0.39, 0.29) is 61.2 Å². The van der Waals surface area contributed by atoms with Crippen molar-refractivity contribution in [3.8, 4) is 0 Å². The molecule has 0 aromatic heterocycles. The molecule has 5 aromatic carbocycles. The zero-order valence-electron chi connectivity index (χ0n) is 46.0. The maximum absolute atomic E-state index is 14.1. The number of ether oxygens (including phenoxy) is 8. The minimum absolute atomic E-state index is 0.0432. The van der Waals surface area contributed by atoms with E-state index in [0.717, 1.165) is 72.8 Å². The number of aliphatic hydroxyl groups is 1. The van der Waals surface area contributed by atoms with E-state index in [4.69, 9.17) is 37.9 Å². The highest BCUT2D eigenvalue weighted by Crippen LogP contribution is 2.68.